The molecule has 1 aromatic carbocycles. The summed E-state index contributed by atoms with van der Waals surface area (Å²) in [6, 6.07) is 9.24. The van der Waals surface area contributed by atoms with Crippen LogP contribution >= 0.6 is 34.3 Å². The molecular formula is C25H22ClN3O3S2. The minimum absolute atomic E-state index is 0.299. The van der Waals surface area contributed by atoms with Crippen LogP contribution < -0.4 is 11.1 Å². The first-order chi connectivity index (χ1) is 16.5. The molecule has 3 N–H and O–H groups in total. The summed E-state index contributed by atoms with van der Waals surface area (Å²) in [6.07, 6.45) is 5.41. The van der Waals surface area contributed by atoms with Gasteiger partial charge >= 0.3 is 5.97 Å². The Morgan fingerprint density at radius 2 is 1.91 bits per heavy atom. The highest BCUT2D eigenvalue weighted by Crippen LogP contribution is 2.39. The molecular weight excluding hydrogens is 490 g/mol. The monoisotopic (exact) mass is 511 g/mol. The second-order valence-electron chi connectivity index (χ2n) is 8.16. The van der Waals surface area contributed by atoms with E-state index in [4.69, 9.17) is 27.1 Å². The Bertz CT molecular complexity index is 1410. The molecule has 0 spiro atoms. The number of benzene rings is 1. The summed E-state index contributed by atoms with van der Waals surface area (Å²) in [4.78, 5) is 31.9. The van der Waals surface area contributed by atoms with Crippen LogP contribution in [0.4, 0.5) is 10.7 Å². The number of aryl methyl sites for hydroxylation is 2. The number of ether oxygens (including phenoxy) is 1. The van der Waals surface area contributed by atoms with E-state index < -0.39 is 5.97 Å². The van der Waals surface area contributed by atoms with E-state index in [1.54, 1.807) is 12.1 Å². The zero-order valence-electron chi connectivity index (χ0n) is 18.4. The number of nitrogen functional groups attached to an aromatic ring is 1. The summed E-state index contributed by atoms with van der Waals surface area (Å²) in [6.45, 7) is 0. The second-order valence-corrected chi connectivity index (χ2v) is 10.5. The molecule has 0 aliphatic heterocycles. The number of carbonyl (C=O) groups is 2. The van der Waals surface area contributed by atoms with E-state index in [-0.39, 0.29) is 5.91 Å². The highest BCUT2D eigenvalue weighted by molar-refractivity contribution is 7.21. The van der Waals surface area contributed by atoms with Crippen LogP contribution in [0.5, 0.6) is 0 Å². The lowest BCUT2D eigenvalue weighted by molar-refractivity contribution is 0.0603. The minimum Gasteiger partial charge on any atom is -0.465 e. The molecule has 0 saturated heterocycles. The summed E-state index contributed by atoms with van der Waals surface area (Å²) in [7, 11) is 1.32. The average molecular weight is 512 g/mol. The van der Waals surface area contributed by atoms with Crippen molar-refractivity contribution in [3.63, 3.8) is 0 Å². The van der Waals surface area contributed by atoms with Crippen LogP contribution in [-0.4, -0.2) is 24.0 Å². The maximum Gasteiger partial charge on any atom is 0.341 e. The minimum atomic E-state index is -0.531. The number of nitrogens with one attached hydrogen (secondary N) is 1. The van der Waals surface area contributed by atoms with Crippen LogP contribution in [0.1, 0.15) is 50.5 Å². The van der Waals surface area contributed by atoms with Gasteiger partial charge in [0.05, 0.1) is 12.8 Å². The largest absolute Gasteiger partial charge is 0.465 e. The lowest BCUT2D eigenvalue weighted by atomic mass is 10.0. The molecule has 3 aromatic heterocycles. The smallest absolute Gasteiger partial charge is 0.341 e. The van der Waals surface area contributed by atoms with Crippen molar-refractivity contribution in [3.05, 3.63) is 62.4 Å². The number of methoxy groups -OCH3 is 1. The molecule has 0 atom stereocenters. The van der Waals surface area contributed by atoms with E-state index in [9.17, 15) is 9.59 Å². The molecule has 1 aliphatic rings. The fourth-order valence-corrected chi connectivity index (χ4v) is 6.33. The van der Waals surface area contributed by atoms with E-state index in [1.165, 1.54) is 41.8 Å². The molecule has 0 bridgehead atoms. The summed E-state index contributed by atoms with van der Waals surface area (Å²) >= 11 is 8.55. The first-order valence-electron chi connectivity index (χ1n) is 10.9. The normalized spacial score (nSPS) is 13.4. The molecule has 174 valence electrons. The van der Waals surface area contributed by atoms with Crippen molar-refractivity contribution in [3.8, 4) is 11.1 Å². The van der Waals surface area contributed by atoms with Gasteiger partial charge in [-0.15, -0.1) is 22.7 Å². The van der Waals surface area contributed by atoms with E-state index in [1.807, 2.05) is 17.5 Å². The predicted molar refractivity (Wildman–Crippen MR) is 139 cm³/mol. The Balaban J connectivity index is 1.50. The number of esters is 1. The van der Waals surface area contributed by atoms with Gasteiger partial charge in [0, 0.05) is 27.0 Å². The number of hydrogen-bond donors (Lipinski definition) is 2. The van der Waals surface area contributed by atoms with Gasteiger partial charge in [-0.05, 0) is 55.0 Å². The lowest BCUT2D eigenvalue weighted by Crippen LogP contribution is -2.14. The quantitative estimate of drug-likeness (QED) is 0.239. The van der Waals surface area contributed by atoms with Crippen LogP contribution in [0.15, 0.2) is 35.7 Å². The van der Waals surface area contributed by atoms with E-state index in [0.29, 0.717) is 31.7 Å². The first kappa shape index (κ1) is 22.8. The fraction of sp³-hybridized carbons (Fsp3) is 0.240. The zero-order valence-corrected chi connectivity index (χ0v) is 20.8. The lowest BCUT2D eigenvalue weighted by Gasteiger charge is -2.08. The number of pyridine rings is 1. The Kier molecular flexibility index (Phi) is 6.29. The number of rotatable bonds is 4. The van der Waals surface area contributed by atoms with Gasteiger partial charge in [0.25, 0.3) is 5.91 Å². The van der Waals surface area contributed by atoms with Gasteiger partial charge in [0.2, 0.25) is 0 Å². The Morgan fingerprint density at radius 3 is 2.68 bits per heavy atom. The molecule has 1 amide bonds. The number of nitrogens with two attached hydrogens (primary N) is 1. The number of hydrogen-bond acceptors (Lipinski definition) is 7. The van der Waals surface area contributed by atoms with Crippen LogP contribution in [0.3, 0.4) is 0 Å². The molecule has 3 heterocycles. The van der Waals surface area contributed by atoms with Gasteiger partial charge in [-0.2, -0.15) is 0 Å². The first-order valence-corrected chi connectivity index (χ1v) is 13.0. The van der Waals surface area contributed by atoms with E-state index in [2.05, 4.69) is 11.4 Å². The Morgan fingerprint density at radius 1 is 1.15 bits per heavy atom. The van der Waals surface area contributed by atoms with Gasteiger partial charge < -0.3 is 15.8 Å². The van der Waals surface area contributed by atoms with Gasteiger partial charge in [-0.3, -0.25) is 4.79 Å². The van der Waals surface area contributed by atoms with Gasteiger partial charge in [0.15, 0.2) is 0 Å². The molecule has 4 aromatic rings. The summed E-state index contributed by atoms with van der Waals surface area (Å²) < 4.78 is 5.01. The number of anilines is 2. The number of fused-ring (bicyclic) bond motifs is 2. The Labute approximate surface area is 209 Å². The van der Waals surface area contributed by atoms with Crippen molar-refractivity contribution in [2.75, 3.05) is 18.2 Å². The van der Waals surface area contributed by atoms with E-state index in [0.717, 1.165) is 47.2 Å². The van der Waals surface area contributed by atoms with Crippen molar-refractivity contribution in [1.29, 1.82) is 0 Å². The third-order valence-electron chi connectivity index (χ3n) is 6.02. The van der Waals surface area contributed by atoms with Gasteiger partial charge in [-0.25, -0.2) is 9.78 Å². The van der Waals surface area contributed by atoms with Gasteiger partial charge in [0.1, 0.15) is 20.3 Å². The zero-order chi connectivity index (χ0) is 23.8. The molecule has 0 fully saturated rings. The van der Waals surface area contributed by atoms with Gasteiger partial charge in [-0.1, -0.05) is 30.2 Å². The molecule has 6 nitrogen and oxygen atoms in total. The predicted octanol–water partition coefficient (Wildman–Crippen LogP) is 6.57. The number of nitrogens with zero attached hydrogens (tertiary/aromatic N) is 1. The van der Waals surface area contributed by atoms with Crippen molar-refractivity contribution >= 4 is 67.1 Å². The van der Waals surface area contributed by atoms with Crippen molar-refractivity contribution in [2.45, 2.75) is 32.1 Å². The SMILES string of the molecule is COC(=O)c1c(-c2ccc(Cl)cc2)csc1NC(=O)c1sc2nc3c(cc2c1N)CCCCC3. The number of aromatic nitrogens is 1. The molecule has 9 heteroatoms. The molecule has 5 rings (SSSR count). The standard InChI is InChI=1S/C25H22ClN3O3S2/c1-32-25(31)19-17(13-7-9-15(26)10-8-13)12-33-24(19)29-22(30)21-20(27)16-11-14-5-3-2-4-6-18(14)28-23(16)34-21/h7-12H,2-6,27H2,1H3,(H,29,30). The summed E-state index contributed by atoms with van der Waals surface area (Å²) in [5, 5.41) is 6.51. The molecule has 34 heavy (non-hydrogen) atoms. The molecule has 0 saturated carbocycles. The molecule has 0 radical (unpaired) electrons. The third-order valence-corrected chi connectivity index (χ3v) is 8.28. The Hall–Kier alpha value is -2.94. The van der Waals surface area contributed by atoms with Crippen LogP contribution in [0.25, 0.3) is 21.3 Å². The topological polar surface area (TPSA) is 94.3 Å². The number of amides is 1. The molecule has 1 aliphatic carbocycles. The van der Waals surface area contributed by atoms with Crippen molar-refractivity contribution in [2.24, 2.45) is 0 Å². The van der Waals surface area contributed by atoms with Crippen LogP contribution in [0, 0.1) is 0 Å². The summed E-state index contributed by atoms with van der Waals surface area (Å²) in [5.74, 6) is -0.901. The van der Waals surface area contributed by atoms with Crippen LogP contribution in [-0.2, 0) is 17.6 Å². The highest BCUT2D eigenvalue weighted by Gasteiger charge is 2.25. The van der Waals surface area contributed by atoms with Crippen molar-refractivity contribution < 1.29 is 14.3 Å². The second kappa shape index (κ2) is 9.37. The number of carbonyl (C=O) groups excluding carboxylic acids is 2. The number of halogens is 1. The third kappa shape index (κ3) is 4.17. The fourth-order valence-electron chi connectivity index (χ4n) is 4.26. The average Bonchev–Trinajstić information content (AvgIpc) is 3.30. The molecule has 0 unspecified atom stereocenters. The van der Waals surface area contributed by atoms with E-state index >= 15 is 0 Å². The van der Waals surface area contributed by atoms with Crippen LogP contribution in [0.2, 0.25) is 5.02 Å². The highest BCUT2D eigenvalue weighted by atomic mass is 35.5. The maximum absolute atomic E-state index is 13.3. The van der Waals surface area contributed by atoms with Crippen molar-refractivity contribution in [1.82, 2.24) is 4.98 Å². The number of thiophene rings is 2. The maximum atomic E-state index is 13.3. The summed E-state index contributed by atoms with van der Waals surface area (Å²) in [5.41, 5.74) is 10.9.